The van der Waals surface area contributed by atoms with Gasteiger partial charge in [0.15, 0.2) is 21.3 Å². The van der Waals surface area contributed by atoms with Gasteiger partial charge in [0.25, 0.3) is 5.91 Å². The molecular formula is C72H93Cl2FN10O8S3. The Morgan fingerprint density at radius 3 is 1.28 bits per heavy atom. The Morgan fingerprint density at radius 2 is 0.896 bits per heavy atom. The quantitative estimate of drug-likeness (QED) is 0.00855. The summed E-state index contributed by atoms with van der Waals surface area (Å²) in [5, 5.41) is 19.5. The summed E-state index contributed by atoms with van der Waals surface area (Å²) < 4.78 is 5.45. The van der Waals surface area contributed by atoms with Gasteiger partial charge in [0.05, 0.1) is 13.5 Å². The Hall–Kier alpha value is -7.89. The number of allylic oxidation sites excluding steroid dienone is 2. The molecule has 0 saturated heterocycles. The SMILES string of the molecule is C.C.C=C(C)C(=O)CCCNC(=O)C(C#N)=C1c2ccccc2Sc2ccccc21.C=C(C)C(=O)CCCNC(=O)CCN.COC(=O)CCN.ClC1(Cl)c2ccccc2Sc2ccccc21.F.NCCN.NCCNC(=O)CCN.O=c1c2ccccc2sc2ccccc12. The molecular weight excluding hydrogens is 1320 g/mol. The summed E-state index contributed by atoms with van der Waals surface area (Å²) in [6, 6.07) is 49.2. The van der Waals surface area contributed by atoms with Crippen LogP contribution in [0.15, 0.2) is 200 Å². The number of esters is 1. The van der Waals surface area contributed by atoms with Crippen molar-refractivity contribution in [2.75, 3.05) is 66.0 Å². The third-order valence-corrected chi connectivity index (χ3v) is 17.2. The van der Waals surface area contributed by atoms with E-state index in [2.05, 4.69) is 52.0 Å². The second-order valence-electron chi connectivity index (χ2n) is 20.2. The normalized spacial score (nSPS) is 11.0. The maximum Gasteiger partial charge on any atom is 0.306 e. The summed E-state index contributed by atoms with van der Waals surface area (Å²) in [5.74, 6) is -0.712. The fourth-order valence-corrected chi connectivity index (χ4v) is 12.5. The van der Waals surface area contributed by atoms with Gasteiger partial charge in [-0.2, -0.15) is 5.26 Å². The highest BCUT2D eigenvalue weighted by Crippen LogP contribution is 2.53. The predicted molar refractivity (Wildman–Crippen MR) is 397 cm³/mol. The van der Waals surface area contributed by atoms with Crippen molar-refractivity contribution in [3.8, 4) is 6.07 Å². The lowest BCUT2D eigenvalue weighted by Crippen LogP contribution is -2.30. The minimum atomic E-state index is -0.932. The Morgan fingerprint density at radius 1 is 0.521 bits per heavy atom. The van der Waals surface area contributed by atoms with Crippen LogP contribution in [0, 0.1) is 11.3 Å². The Labute approximate surface area is 586 Å². The fourth-order valence-electron chi connectivity index (χ4n) is 8.23. The van der Waals surface area contributed by atoms with Crippen LogP contribution in [0.4, 0.5) is 4.70 Å². The van der Waals surface area contributed by atoms with E-state index in [4.69, 9.17) is 57.6 Å². The number of benzene rings is 6. The first-order chi connectivity index (χ1) is 44.7. The van der Waals surface area contributed by atoms with E-state index in [1.54, 1.807) is 48.7 Å². The molecule has 9 rings (SSSR count). The number of fused-ring (bicyclic) bond motifs is 6. The van der Waals surface area contributed by atoms with Crippen molar-refractivity contribution >= 4 is 119 Å². The Balaban J connectivity index is 0.00000117. The van der Waals surface area contributed by atoms with Crippen molar-refractivity contribution in [1.29, 1.82) is 5.26 Å². The van der Waals surface area contributed by atoms with E-state index < -0.39 is 10.2 Å². The summed E-state index contributed by atoms with van der Waals surface area (Å²) in [7, 11) is 1.35. The second kappa shape index (κ2) is 48.7. The number of nitrogens with one attached hydrogen (secondary N) is 3. The van der Waals surface area contributed by atoms with Gasteiger partial charge in [-0.05, 0) is 97.5 Å². The zero-order valence-corrected chi connectivity index (χ0v) is 57.1. The highest BCUT2D eigenvalue weighted by atomic mass is 35.5. The van der Waals surface area contributed by atoms with Gasteiger partial charge >= 0.3 is 5.97 Å². The average Bonchev–Trinajstić information content (AvgIpc) is 0.776. The lowest BCUT2D eigenvalue weighted by molar-refractivity contribution is -0.140. The first-order valence-corrected chi connectivity index (χ1v) is 33.0. The molecule has 0 unspecified atom stereocenters. The van der Waals surface area contributed by atoms with Crippen LogP contribution in [0.2, 0.25) is 0 Å². The molecule has 518 valence electrons. The van der Waals surface area contributed by atoms with Gasteiger partial charge in [0, 0.05) is 141 Å². The molecule has 0 spiro atoms. The maximum absolute atomic E-state index is 12.8. The number of amides is 3. The molecule has 24 heteroatoms. The maximum atomic E-state index is 12.8. The number of Topliss-reactive ketones (excluding diaryl/α,β-unsaturated/α-hetero) is 2. The van der Waals surface area contributed by atoms with Gasteiger partial charge in [0.2, 0.25) is 11.8 Å². The summed E-state index contributed by atoms with van der Waals surface area (Å²) in [4.78, 5) is 83.5. The van der Waals surface area contributed by atoms with Gasteiger partial charge < -0.3 is 55.1 Å². The molecule has 2 aliphatic rings. The average molecular weight is 1410 g/mol. The van der Waals surface area contributed by atoms with E-state index in [1.165, 1.54) is 7.11 Å². The zero-order valence-electron chi connectivity index (χ0n) is 53.2. The summed E-state index contributed by atoms with van der Waals surface area (Å²) >= 11 is 18.0. The van der Waals surface area contributed by atoms with Gasteiger partial charge in [-0.25, -0.2) is 0 Å². The molecule has 0 bridgehead atoms. The minimum Gasteiger partial charge on any atom is -0.469 e. The Kier molecular flexibility index (Phi) is 44.7. The molecule has 96 heavy (non-hydrogen) atoms. The van der Waals surface area contributed by atoms with Gasteiger partial charge in [-0.1, -0.05) is 172 Å². The first kappa shape index (κ1) is 88.1. The van der Waals surface area contributed by atoms with E-state index in [9.17, 15) is 38.8 Å². The number of nitriles is 1. The van der Waals surface area contributed by atoms with Gasteiger partial charge in [-0.15, -0.1) is 11.3 Å². The molecule has 6 aromatic carbocycles. The van der Waals surface area contributed by atoms with E-state index in [0.29, 0.717) is 121 Å². The van der Waals surface area contributed by atoms with Crippen LogP contribution in [0.5, 0.6) is 0 Å². The minimum absolute atomic E-state index is 0. The smallest absolute Gasteiger partial charge is 0.306 e. The number of rotatable bonds is 20. The molecule has 15 N–H and O–H groups in total. The van der Waals surface area contributed by atoms with Crippen LogP contribution in [-0.4, -0.2) is 101 Å². The number of halogens is 3. The molecule has 2 aliphatic heterocycles. The number of alkyl halides is 2. The molecule has 0 fully saturated rings. The molecule has 1 aromatic heterocycles. The molecule has 0 radical (unpaired) electrons. The number of carbonyl (C=O) groups is 6. The van der Waals surface area contributed by atoms with Gasteiger partial charge in [-0.3, -0.25) is 38.3 Å². The van der Waals surface area contributed by atoms with Crippen LogP contribution in [0.25, 0.3) is 25.7 Å². The van der Waals surface area contributed by atoms with Crippen molar-refractivity contribution in [2.24, 2.45) is 34.4 Å². The van der Waals surface area contributed by atoms with Crippen LogP contribution < -0.4 is 55.8 Å². The van der Waals surface area contributed by atoms with E-state index in [-0.39, 0.29) is 59.9 Å². The number of ketones is 2. The largest absolute Gasteiger partial charge is 0.469 e. The number of hydrogen-bond acceptors (Lipinski definition) is 18. The standard InChI is InChI=1S/C23H20N2O2S.C13H8Cl2S.C13H8OS.C10H18N2O2.C5H13N3O.C4H9NO2.C2H8N2.2CH4.FH/c1-15(2)19(26)10-7-13-25-23(27)18(14-24)22-16-8-3-5-11-20(16)28-21-12-6-4-9-17(21)22;14-13(15)9-5-1-3-7-11(9)16-12-8-4-2-6-10(12)13;14-13-9-5-1-3-7-11(9)15-12-8-4-2-6-10(12)13;1-8(2)9(13)4-3-7-12-10(14)5-6-11;6-2-1-5(9)8-4-3-7;1-7-4(6)2-3-5;3-1-2-4;;;/h3-6,8-9,11-12H,1,7,10,13H2,2H3,(H,25,27);1-8H;1-8H;1,3-7,11H2,2H3,(H,12,14);1-4,6-7H2,(H,8,9);2-3,5H2,1H3;1-4H2;2*1H4;1H. The van der Waals surface area contributed by atoms with E-state index in [1.807, 2.05) is 133 Å². The predicted octanol–water partition coefficient (Wildman–Crippen LogP) is 11.4. The second-order valence-corrected chi connectivity index (χ2v) is 24.8. The Bertz CT molecular complexity index is 3640. The molecule has 7 aromatic rings. The molecule has 3 heterocycles. The van der Waals surface area contributed by atoms with Crippen molar-refractivity contribution in [3.05, 3.63) is 208 Å². The highest BCUT2D eigenvalue weighted by molar-refractivity contribution is 7.99. The molecule has 3 amide bonds. The van der Waals surface area contributed by atoms with Crippen LogP contribution in [-0.2, 0) is 37.8 Å². The van der Waals surface area contributed by atoms with Crippen molar-refractivity contribution < 1.29 is 38.2 Å². The number of hydrogen-bond donors (Lipinski definition) is 9. The summed E-state index contributed by atoms with van der Waals surface area (Å²) in [6.45, 7) is 14.7. The van der Waals surface area contributed by atoms with Gasteiger partial charge in [0.1, 0.15) is 11.6 Å². The number of nitrogens with two attached hydrogens (primary N) is 6. The topological polar surface area (TPSA) is 345 Å². The highest BCUT2D eigenvalue weighted by Gasteiger charge is 2.37. The van der Waals surface area contributed by atoms with Crippen LogP contribution >= 0.6 is 58.1 Å². The van der Waals surface area contributed by atoms with Crippen molar-refractivity contribution in [1.82, 2.24) is 16.0 Å². The molecule has 18 nitrogen and oxygen atoms in total. The molecule has 0 atom stereocenters. The third-order valence-electron chi connectivity index (χ3n) is 12.9. The lowest BCUT2D eigenvalue weighted by atomic mass is 9.92. The number of carbonyl (C=O) groups excluding carboxylic acids is 6. The monoisotopic (exact) mass is 1410 g/mol. The van der Waals surface area contributed by atoms with Crippen molar-refractivity contribution in [3.63, 3.8) is 0 Å². The first-order valence-electron chi connectivity index (χ1n) is 29.8. The summed E-state index contributed by atoms with van der Waals surface area (Å²) in [6.07, 6.45) is 2.98. The number of nitrogens with zero attached hydrogens (tertiary/aromatic N) is 1. The number of ether oxygens (including phenoxy) is 1. The van der Waals surface area contributed by atoms with Crippen molar-refractivity contribution in [2.45, 2.75) is 97.6 Å². The number of methoxy groups -OCH3 is 1. The van der Waals surface area contributed by atoms with Crippen LogP contribution in [0.3, 0.4) is 0 Å². The lowest BCUT2D eigenvalue weighted by Gasteiger charge is -2.29. The zero-order chi connectivity index (χ0) is 68.7. The fraction of sp³-hybridized carbons (Fsp3) is 0.306. The van der Waals surface area contributed by atoms with Crippen LogP contribution in [0.1, 0.15) is 95.9 Å². The van der Waals surface area contributed by atoms with E-state index >= 15 is 0 Å². The third kappa shape index (κ3) is 29.2. The molecule has 0 saturated carbocycles. The van der Waals surface area contributed by atoms with E-state index in [0.717, 1.165) is 62.0 Å². The summed E-state index contributed by atoms with van der Waals surface area (Å²) in [5.41, 5.74) is 35.9. The molecule has 0 aliphatic carbocycles.